The van der Waals surface area contributed by atoms with Crippen molar-refractivity contribution in [1.82, 2.24) is 0 Å². The highest BCUT2D eigenvalue weighted by atomic mass is 16.4. The van der Waals surface area contributed by atoms with Crippen LogP contribution in [-0.4, -0.2) is 22.2 Å². The number of carboxylic acids is 2. The molecule has 0 aromatic heterocycles. The van der Waals surface area contributed by atoms with E-state index in [1.807, 2.05) is 0 Å². The zero-order valence-corrected chi connectivity index (χ0v) is 15.5. The molecule has 144 valence electrons. The minimum Gasteiger partial charge on any atom is -0.486 e. The van der Waals surface area contributed by atoms with E-state index in [0.29, 0.717) is 22.3 Å². The first-order valence-corrected chi connectivity index (χ1v) is 8.71. The molecule has 0 saturated heterocycles. The van der Waals surface area contributed by atoms with Crippen LogP contribution in [0.4, 0.5) is 0 Å². The Morgan fingerprint density at radius 1 is 0.867 bits per heavy atom. The second-order valence-corrected chi connectivity index (χ2v) is 6.20. The van der Waals surface area contributed by atoms with Crippen LogP contribution in [0.3, 0.4) is 0 Å². The molecule has 3 rings (SSSR count). The monoisotopic (exact) mass is 396 g/mol. The van der Waals surface area contributed by atoms with E-state index in [1.165, 1.54) is 12.1 Å². The van der Waals surface area contributed by atoms with E-state index >= 15 is 0 Å². The largest absolute Gasteiger partial charge is 0.486 e. The Kier molecular flexibility index (Phi) is 4.97. The number of benzene rings is 3. The smallest absolute Gasteiger partial charge is 0.347 e. The Morgan fingerprint density at radius 2 is 1.37 bits per heavy atom. The van der Waals surface area contributed by atoms with Crippen LogP contribution in [0.1, 0.15) is 0 Å². The molecule has 3 aromatic rings. The number of rotatable bonds is 4. The summed E-state index contributed by atoms with van der Waals surface area (Å²) in [6.07, 6.45) is 0. The van der Waals surface area contributed by atoms with E-state index in [-0.39, 0.29) is 10.4 Å². The molecule has 0 saturated carbocycles. The number of nitriles is 1. The van der Waals surface area contributed by atoms with E-state index in [2.05, 4.69) is 15.1 Å². The van der Waals surface area contributed by atoms with Crippen molar-refractivity contribution >= 4 is 23.2 Å². The van der Waals surface area contributed by atoms with Gasteiger partial charge in [0.25, 0.3) is 8.56 Å². The molecule has 2 N–H and O–H groups in total. The first-order chi connectivity index (χ1) is 15.5. The van der Waals surface area contributed by atoms with Gasteiger partial charge in [-0.1, -0.05) is 66.7 Å². The lowest BCUT2D eigenvalue weighted by Gasteiger charge is -2.11. The number of carboxylic acid groups (broad SMARTS) is 2. The van der Waals surface area contributed by atoms with E-state index in [9.17, 15) is 14.9 Å². The molecular weight excluding hydrogens is 380 g/mol. The molecule has 0 unspecified atom stereocenters. The van der Waals surface area contributed by atoms with Gasteiger partial charge in [-0.3, -0.25) is 4.79 Å². The van der Waals surface area contributed by atoms with Crippen LogP contribution in [0.5, 0.6) is 0 Å². The molecule has 6 nitrogen and oxygen atoms in total. The van der Waals surface area contributed by atoms with E-state index < -0.39 is 23.2 Å². The molecule has 0 atom stereocenters. The van der Waals surface area contributed by atoms with Crippen LogP contribution in [0.15, 0.2) is 72.8 Å². The highest BCUT2D eigenvalue weighted by molar-refractivity contribution is 6.15. The Morgan fingerprint density at radius 3 is 1.83 bits per heavy atom. The first-order valence-electron chi connectivity index (χ1n) is 9.53. The van der Waals surface area contributed by atoms with Crippen LogP contribution in [0.2, 0.25) is 0 Å². The van der Waals surface area contributed by atoms with Crippen LogP contribution in [-0.2, 0) is 9.59 Å². The Bertz CT molecular complexity index is 1280. The SMILES string of the molecule is [2H]OC(=O)C(C#N)=c1cc(-c2ccccc2)c(=C([N+]#[C-])C(=O)O[2H])cc1-c1ccccc1. The molecule has 0 fully saturated rings. The van der Waals surface area contributed by atoms with E-state index in [0.717, 1.165) is 0 Å². The van der Waals surface area contributed by atoms with Gasteiger partial charge in [0, 0.05) is 5.22 Å². The van der Waals surface area contributed by atoms with Gasteiger partial charge in [0.1, 0.15) is 11.6 Å². The fourth-order valence-electron chi connectivity index (χ4n) is 3.15. The Balaban J connectivity index is 2.64. The van der Waals surface area contributed by atoms with Gasteiger partial charge in [-0.15, -0.1) is 0 Å². The molecule has 0 radical (unpaired) electrons. The van der Waals surface area contributed by atoms with Crippen molar-refractivity contribution in [2.45, 2.75) is 0 Å². The summed E-state index contributed by atoms with van der Waals surface area (Å²) in [6.45, 7) is 7.49. The Labute approximate surface area is 174 Å². The minimum absolute atomic E-state index is 0.169. The normalized spacial score (nSPS) is 12.9. The number of hydrogen-bond donors (Lipinski definition) is 2. The van der Waals surface area contributed by atoms with Gasteiger partial charge < -0.3 is 10.2 Å². The number of hydrogen-bond acceptors (Lipinski definition) is 5. The molecule has 30 heavy (non-hydrogen) atoms. The number of nitrogens with zero attached hydrogens (tertiary/aromatic N) is 2. The first kappa shape index (κ1) is 17.4. The Hall–Kier alpha value is -4.68. The molecule has 0 aliphatic carbocycles. The molecule has 6 heteroatoms. The molecule has 0 heterocycles. The number of carbonyl (C=O) groups is 2. The van der Waals surface area contributed by atoms with Crippen LogP contribution >= 0.6 is 0 Å². The standard InChI is InChI=1S/C24H14N2O4/c1-26-22(24(29)30)20-13-17(15-8-4-2-5-9-15)19(21(14-25)23(27)28)12-18(20)16-10-6-3-7-11-16/h2-13H,(H,27,28)(H,29,30)/i/hD2. The maximum Gasteiger partial charge on any atom is 0.347 e. The quantitative estimate of drug-likeness (QED) is 0.660. The topological polar surface area (TPSA) is 103 Å². The fraction of sp³-hybridized carbons (Fsp3) is 0. The zero-order valence-electron chi connectivity index (χ0n) is 17.5. The van der Waals surface area contributed by atoms with Crippen molar-refractivity contribution in [1.29, 1.82) is 8.12 Å². The summed E-state index contributed by atoms with van der Waals surface area (Å²) in [7, 11) is 0. The van der Waals surface area contributed by atoms with Gasteiger partial charge in [-0.2, -0.15) is 5.26 Å². The van der Waals surface area contributed by atoms with E-state index in [4.69, 9.17) is 9.43 Å². The maximum atomic E-state index is 12.2. The third-order valence-corrected chi connectivity index (χ3v) is 4.47. The lowest BCUT2D eigenvalue weighted by atomic mass is 9.93. The van der Waals surface area contributed by atoms with Crippen LogP contribution in [0.25, 0.3) is 41.2 Å². The summed E-state index contributed by atoms with van der Waals surface area (Å²) in [6, 6.07) is 22.2. The predicted molar refractivity (Wildman–Crippen MR) is 111 cm³/mol. The van der Waals surface area contributed by atoms with Gasteiger partial charge in [0.2, 0.25) is 0 Å². The van der Waals surface area contributed by atoms with Crippen molar-refractivity contribution in [2.75, 3.05) is 0 Å². The third-order valence-electron chi connectivity index (χ3n) is 4.47. The second kappa shape index (κ2) is 8.55. The van der Waals surface area contributed by atoms with Crippen molar-refractivity contribution in [3.05, 3.63) is 94.7 Å². The molecule has 0 aliphatic heterocycles. The molecular formula is C24H14N2O4. The highest BCUT2D eigenvalue weighted by Crippen LogP contribution is 2.20. The van der Waals surface area contributed by atoms with Crippen LogP contribution < -0.4 is 10.4 Å². The van der Waals surface area contributed by atoms with Gasteiger partial charge in [0.05, 0.1) is 6.57 Å². The summed E-state index contributed by atoms with van der Waals surface area (Å²) in [4.78, 5) is 27.6. The van der Waals surface area contributed by atoms with Gasteiger partial charge >= 0.3 is 11.9 Å². The number of aliphatic carboxylic acids is 2. The zero-order chi connectivity index (χ0) is 23.1. The highest BCUT2D eigenvalue weighted by Gasteiger charge is 2.17. The minimum atomic E-state index is -1.14. The lowest BCUT2D eigenvalue weighted by Crippen LogP contribution is -2.23. The summed E-state index contributed by atoms with van der Waals surface area (Å²) in [5.41, 5.74) is 1.08. The lowest BCUT2D eigenvalue weighted by molar-refractivity contribution is -0.131. The molecule has 0 amide bonds. The molecule has 0 spiro atoms. The summed E-state index contributed by atoms with van der Waals surface area (Å²) in [5.74, 6) is -2.28. The van der Waals surface area contributed by atoms with Crippen molar-refractivity contribution < 1.29 is 19.8 Å². The predicted octanol–water partition coefficient (Wildman–Crippen LogP) is 2.89. The summed E-state index contributed by atoms with van der Waals surface area (Å²) in [5, 5.41) is 18.1. The summed E-state index contributed by atoms with van der Waals surface area (Å²) >= 11 is 0. The van der Waals surface area contributed by atoms with Crippen molar-refractivity contribution in [2.24, 2.45) is 0 Å². The summed E-state index contributed by atoms with van der Waals surface area (Å²) < 4.78 is 13.9. The fourth-order valence-corrected chi connectivity index (χ4v) is 3.15. The van der Waals surface area contributed by atoms with Crippen molar-refractivity contribution in [3.8, 4) is 28.3 Å². The average Bonchev–Trinajstić information content (AvgIpc) is 2.85. The maximum absolute atomic E-state index is 12.2. The third kappa shape index (κ3) is 3.80. The van der Waals surface area contributed by atoms with Crippen molar-refractivity contribution in [3.63, 3.8) is 0 Å². The van der Waals surface area contributed by atoms with Gasteiger partial charge in [-0.05, 0) is 33.5 Å². The van der Waals surface area contributed by atoms with Gasteiger partial charge in [-0.25, -0.2) is 9.64 Å². The molecule has 0 bridgehead atoms. The van der Waals surface area contributed by atoms with Crippen LogP contribution in [0, 0.1) is 17.9 Å². The molecule has 0 aliphatic rings. The second-order valence-electron chi connectivity index (χ2n) is 6.20. The van der Waals surface area contributed by atoms with E-state index in [1.54, 1.807) is 66.7 Å². The molecule has 3 aromatic carbocycles. The van der Waals surface area contributed by atoms with Gasteiger partial charge in [0.15, 0.2) is 0 Å². The average molecular weight is 396 g/mol.